The van der Waals surface area contributed by atoms with Gasteiger partial charge in [0, 0.05) is 11.3 Å². The van der Waals surface area contributed by atoms with Gasteiger partial charge in [-0.2, -0.15) is 15.6 Å². The number of aromatic nitrogens is 2. The Balaban J connectivity index is 2.39. The zero-order valence-corrected chi connectivity index (χ0v) is 13.1. The van der Waals surface area contributed by atoms with Crippen molar-refractivity contribution in [1.29, 1.82) is 10.5 Å². The largest absolute Gasteiger partial charge is 0.461 e. The van der Waals surface area contributed by atoms with Gasteiger partial charge in [-0.25, -0.2) is 9.78 Å². The topological polar surface area (TPSA) is 127 Å². The molecular formula is C16H14N6O2. The van der Waals surface area contributed by atoms with E-state index in [1.54, 1.807) is 50.3 Å². The summed E-state index contributed by atoms with van der Waals surface area (Å²) in [6.07, 6.45) is 0. The number of carbonyl (C=O) groups is 1. The molecule has 8 heteroatoms. The maximum atomic E-state index is 11.9. The van der Waals surface area contributed by atoms with Crippen LogP contribution in [0.15, 0.2) is 29.4 Å². The van der Waals surface area contributed by atoms with Crippen molar-refractivity contribution < 1.29 is 9.53 Å². The minimum Gasteiger partial charge on any atom is -0.461 e. The molecular weight excluding hydrogens is 308 g/mol. The summed E-state index contributed by atoms with van der Waals surface area (Å²) in [6.45, 7) is 3.71. The number of esters is 1. The SMILES string of the molecule is CCOC(=O)c1nc(-c2ccccc2NN=C(C#N)C#N)[nH]c1C. The van der Waals surface area contributed by atoms with Gasteiger partial charge in [-0.15, -0.1) is 0 Å². The Hall–Kier alpha value is -3.65. The predicted octanol–water partition coefficient (Wildman–Crippen LogP) is 2.38. The normalized spacial score (nSPS) is 9.50. The Morgan fingerprint density at radius 2 is 2.08 bits per heavy atom. The number of para-hydroxylation sites is 1. The summed E-state index contributed by atoms with van der Waals surface area (Å²) in [4.78, 5) is 19.2. The Morgan fingerprint density at radius 1 is 1.38 bits per heavy atom. The molecule has 1 aromatic carbocycles. The summed E-state index contributed by atoms with van der Waals surface area (Å²) in [5.41, 5.74) is 4.32. The Labute approximate surface area is 138 Å². The lowest BCUT2D eigenvalue weighted by atomic mass is 10.2. The van der Waals surface area contributed by atoms with E-state index in [4.69, 9.17) is 15.3 Å². The molecule has 2 aromatic rings. The van der Waals surface area contributed by atoms with Crippen molar-refractivity contribution in [1.82, 2.24) is 9.97 Å². The van der Waals surface area contributed by atoms with Gasteiger partial charge in [0.1, 0.15) is 18.0 Å². The molecule has 0 radical (unpaired) electrons. The molecule has 1 heterocycles. The van der Waals surface area contributed by atoms with E-state index in [0.29, 0.717) is 22.8 Å². The molecule has 0 saturated heterocycles. The molecule has 0 saturated carbocycles. The maximum Gasteiger partial charge on any atom is 0.358 e. The van der Waals surface area contributed by atoms with Gasteiger partial charge in [-0.1, -0.05) is 12.1 Å². The average molecular weight is 322 g/mol. The lowest BCUT2D eigenvalue weighted by molar-refractivity contribution is 0.0519. The van der Waals surface area contributed by atoms with Gasteiger partial charge >= 0.3 is 5.97 Å². The van der Waals surface area contributed by atoms with Crippen LogP contribution in [0.25, 0.3) is 11.4 Å². The summed E-state index contributed by atoms with van der Waals surface area (Å²) in [7, 11) is 0. The molecule has 2 rings (SSSR count). The zero-order chi connectivity index (χ0) is 17.5. The van der Waals surface area contributed by atoms with Crippen LogP contribution in [-0.2, 0) is 4.74 Å². The first kappa shape index (κ1) is 16.7. The lowest BCUT2D eigenvalue weighted by Gasteiger charge is -2.05. The van der Waals surface area contributed by atoms with E-state index in [0.717, 1.165) is 0 Å². The number of anilines is 1. The molecule has 24 heavy (non-hydrogen) atoms. The Morgan fingerprint density at radius 3 is 2.75 bits per heavy atom. The third kappa shape index (κ3) is 3.57. The zero-order valence-electron chi connectivity index (χ0n) is 13.1. The summed E-state index contributed by atoms with van der Waals surface area (Å²) in [5, 5.41) is 21.2. The molecule has 1 aromatic heterocycles. The van der Waals surface area contributed by atoms with Crippen molar-refractivity contribution in [3.63, 3.8) is 0 Å². The van der Waals surface area contributed by atoms with Crippen LogP contribution in [-0.4, -0.2) is 28.3 Å². The molecule has 0 spiro atoms. The summed E-state index contributed by atoms with van der Waals surface area (Å²) in [6, 6.07) is 10.4. The summed E-state index contributed by atoms with van der Waals surface area (Å²) in [5.74, 6) is -0.0541. The minimum atomic E-state index is -0.503. The van der Waals surface area contributed by atoms with Gasteiger partial charge in [-0.05, 0) is 26.0 Å². The van der Waals surface area contributed by atoms with E-state index in [-0.39, 0.29) is 18.0 Å². The van der Waals surface area contributed by atoms with Gasteiger partial charge < -0.3 is 9.72 Å². The highest BCUT2D eigenvalue weighted by Gasteiger charge is 2.18. The molecule has 0 aliphatic carbocycles. The number of imidazole rings is 1. The monoisotopic (exact) mass is 322 g/mol. The Bertz CT molecular complexity index is 853. The fourth-order valence-electron chi connectivity index (χ4n) is 1.96. The lowest BCUT2D eigenvalue weighted by Crippen LogP contribution is -2.06. The van der Waals surface area contributed by atoms with E-state index >= 15 is 0 Å². The molecule has 0 atom stereocenters. The van der Waals surface area contributed by atoms with E-state index in [1.165, 1.54) is 0 Å². The third-order valence-electron chi connectivity index (χ3n) is 3.04. The number of rotatable bonds is 5. The number of nitrogens with one attached hydrogen (secondary N) is 2. The van der Waals surface area contributed by atoms with Crippen LogP contribution in [0.3, 0.4) is 0 Å². The maximum absolute atomic E-state index is 11.9. The van der Waals surface area contributed by atoms with Crippen LogP contribution in [0.1, 0.15) is 23.1 Å². The minimum absolute atomic E-state index is 0.208. The number of ether oxygens (including phenoxy) is 1. The molecule has 0 aliphatic rings. The quantitative estimate of drug-likeness (QED) is 0.494. The second kappa shape index (κ2) is 7.56. The van der Waals surface area contributed by atoms with Gasteiger partial charge in [0.05, 0.1) is 12.3 Å². The first-order valence-electron chi connectivity index (χ1n) is 7.07. The molecule has 0 unspecified atom stereocenters. The van der Waals surface area contributed by atoms with Crippen molar-refractivity contribution in [2.75, 3.05) is 12.0 Å². The van der Waals surface area contributed by atoms with E-state index in [9.17, 15) is 4.79 Å². The number of nitrogens with zero attached hydrogens (tertiary/aromatic N) is 4. The second-order valence-electron chi connectivity index (χ2n) is 4.62. The smallest absolute Gasteiger partial charge is 0.358 e. The van der Waals surface area contributed by atoms with E-state index in [1.807, 2.05) is 0 Å². The average Bonchev–Trinajstić information content (AvgIpc) is 2.98. The fourth-order valence-corrected chi connectivity index (χ4v) is 1.96. The number of benzene rings is 1. The number of hydrogen-bond acceptors (Lipinski definition) is 7. The number of hydrogen-bond donors (Lipinski definition) is 2. The van der Waals surface area contributed by atoms with Crippen LogP contribution < -0.4 is 5.43 Å². The third-order valence-corrected chi connectivity index (χ3v) is 3.04. The van der Waals surface area contributed by atoms with Crippen molar-refractivity contribution in [2.24, 2.45) is 5.10 Å². The van der Waals surface area contributed by atoms with Gasteiger partial charge in [0.2, 0.25) is 5.71 Å². The summed E-state index contributed by atoms with van der Waals surface area (Å²) >= 11 is 0. The van der Waals surface area contributed by atoms with Crippen LogP contribution in [0.5, 0.6) is 0 Å². The van der Waals surface area contributed by atoms with Crippen molar-refractivity contribution in [2.45, 2.75) is 13.8 Å². The number of nitriles is 2. The highest BCUT2D eigenvalue weighted by Crippen LogP contribution is 2.26. The van der Waals surface area contributed by atoms with Crippen LogP contribution in [0.4, 0.5) is 5.69 Å². The highest BCUT2D eigenvalue weighted by atomic mass is 16.5. The number of carbonyl (C=O) groups excluding carboxylic acids is 1. The van der Waals surface area contributed by atoms with Crippen molar-refractivity contribution >= 4 is 17.4 Å². The van der Waals surface area contributed by atoms with E-state index in [2.05, 4.69) is 20.5 Å². The molecule has 8 nitrogen and oxygen atoms in total. The van der Waals surface area contributed by atoms with Crippen molar-refractivity contribution in [3.8, 4) is 23.5 Å². The molecule has 0 bridgehead atoms. The molecule has 0 aliphatic heterocycles. The second-order valence-corrected chi connectivity index (χ2v) is 4.62. The standard InChI is InChI=1S/C16H14N6O2/c1-3-24-16(23)14-10(2)19-15(20-14)12-6-4-5-7-13(12)22-21-11(8-17)9-18/h4-7,22H,3H2,1-2H3,(H,19,20). The van der Waals surface area contributed by atoms with Gasteiger partial charge in [0.15, 0.2) is 5.69 Å². The first-order chi connectivity index (χ1) is 11.6. The number of aromatic amines is 1. The van der Waals surface area contributed by atoms with Crippen LogP contribution >= 0.6 is 0 Å². The number of hydrazone groups is 1. The fraction of sp³-hybridized carbons (Fsp3) is 0.188. The number of aryl methyl sites for hydroxylation is 1. The summed E-state index contributed by atoms with van der Waals surface area (Å²) < 4.78 is 4.97. The molecule has 120 valence electrons. The number of H-pyrrole nitrogens is 1. The molecule has 2 N–H and O–H groups in total. The predicted molar refractivity (Wildman–Crippen MR) is 87.0 cm³/mol. The van der Waals surface area contributed by atoms with Crippen molar-refractivity contribution in [3.05, 3.63) is 35.7 Å². The van der Waals surface area contributed by atoms with Gasteiger partial charge in [-0.3, -0.25) is 5.43 Å². The van der Waals surface area contributed by atoms with Gasteiger partial charge in [0.25, 0.3) is 0 Å². The Kier molecular flexibility index (Phi) is 5.27. The van der Waals surface area contributed by atoms with Crippen LogP contribution in [0, 0.1) is 29.6 Å². The highest BCUT2D eigenvalue weighted by molar-refractivity contribution is 6.10. The molecule has 0 amide bonds. The van der Waals surface area contributed by atoms with Crippen LogP contribution in [0.2, 0.25) is 0 Å². The molecule has 0 fully saturated rings. The van der Waals surface area contributed by atoms with E-state index < -0.39 is 5.97 Å². The first-order valence-corrected chi connectivity index (χ1v) is 7.07.